The minimum atomic E-state index is -0.746. The van der Waals surface area contributed by atoms with E-state index < -0.39 is 11.4 Å². The number of carboxylic acid groups (broad SMARTS) is 1. The normalized spacial score (nSPS) is 18.6. The lowest BCUT2D eigenvalue weighted by molar-refractivity contribution is -0.146. The van der Waals surface area contributed by atoms with Gasteiger partial charge in [-0.05, 0) is 50.8 Å². The van der Waals surface area contributed by atoms with E-state index in [-0.39, 0.29) is 0 Å². The van der Waals surface area contributed by atoms with Gasteiger partial charge in [-0.3, -0.25) is 4.79 Å². The number of hydrogen-bond acceptors (Lipinski definition) is 2. The topological polar surface area (TPSA) is 49.3 Å². The fourth-order valence-electron chi connectivity index (χ4n) is 2.30. The first-order valence-electron chi connectivity index (χ1n) is 6.00. The largest absolute Gasteiger partial charge is 0.481 e. The standard InChI is InChI=1S/C14H19NO2/c1-9-6-11-7-10(4-5-12(11)15-9)8-14(2,3)13(16)17/h4-5,7,9,15H,6,8H2,1-3H3,(H,16,17). The van der Waals surface area contributed by atoms with Gasteiger partial charge in [0.05, 0.1) is 5.41 Å². The van der Waals surface area contributed by atoms with Gasteiger partial charge >= 0.3 is 5.97 Å². The molecule has 0 aliphatic carbocycles. The van der Waals surface area contributed by atoms with Crippen LogP contribution in [0.4, 0.5) is 5.69 Å². The van der Waals surface area contributed by atoms with Crippen LogP contribution < -0.4 is 5.32 Å². The lowest BCUT2D eigenvalue weighted by atomic mass is 9.85. The van der Waals surface area contributed by atoms with Crippen molar-refractivity contribution >= 4 is 11.7 Å². The molecule has 0 spiro atoms. The van der Waals surface area contributed by atoms with Crippen LogP contribution in [0, 0.1) is 5.41 Å². The van der Waals surface area contributed by atoms with E-state index in [2.05, 4.69) is 24.4 Å². The molecule has 2 N–H and O–H groups in total. The first-order chi connectivity index (χ1) is 7.88. The summed E-state index contributed by atoms with van der Waals surface area (Å²) in [5.74, 6) is -0.746. The number of fused-ring (bicyclic) bond motifs is 1. The molecule has 0 fully saturated rings. The average Bonchev–Trinajstić information content (AvgIpc) is 2.56. The average molecular weight is 233 g/mol. The molecule has 1 heterocycles. The van der Waals surface area contributed by atoms with Crippen LogP contribution in [0.25, 0.3) is 0 Å². The molecule has 1 aromatic rings. The van der Waals surface area contributed by atoms with E-state index in [0.29, 0.717) is 12.5 Å². The van der Waals surface area contributed by atoms with Crippen molar-refractivity contribution in [2.45, 2.75) is 39.7 Å². The van der Waals surface area contributed by atoms with Crippen LogP contribution in [0.5, 0.6) is 0 Å². The Balaban J connectivity index is 2.20. The molecule has 0 radical (unpaired) electrons. The van der Waals surface area contributed by atoms with E-state index in [1.54, 1.807) is 13.8 Å². The van der Waals surface area contributed by atoms with Crippen molar-refractivity contribution in [2.24, 2.45) is 5.41 Å². The number of hydrogen-bond donors (Lipinski definition) is 2. The van der Waals surface area contributed by atoms with Crippen LogP contribution in [-0.4, -0.2) is 17.1 Å². The van der Waals surface area contributed by atoms with Crippen LogP contribution in [0.15, 0.2) is 18.2 Å². The minimum absolute atomic E-state index is 0.479. The van der Waals surface area contributed by atoms with E-state index in [0.717, 1.165) is 12.0 Å². The summed E-state index contributed by atoms with van der Waals surface area (Å²) < 4.78 is 0. The molecule has 3 heteroatoms. The molecule has 0 bridgehead atoms. The Hall–Kier alpha value is -1.51. The summed E-state index contributed by atoms with van der Waals surface area (Å²) in [6.45, 7) is 5.69. The summed E-state index contributed by atoms with van der Waals surface area (Å²) in [5, 5.41) is 12.5. The highest BCUT2D eigenvalue weighted by Crippen LogP contribution is 2.29. The number of anilines is 1. The van der Waals surface area contributed by atoms with Gasteiger partial charge in [0.15, 0.2) is 0 Å². The third-order valence-corrected chi connectivity index (χ3v) is 3.32. The molecule has 3 nitrogen and oxygen atoms in total. The van der Waals surface area contributed by atoms with E-state index in [4.69, 9.17) is 5.11 Å². The molecule has 1 unspecified atom stereocenters. The fourth-order valence-corrected chi connectivity index (χ4v) is 2.30. The second kappa shape index (κ2) is 4.06. The molecular weight excluding hydrogens is 214 g/mol. The summed E-state index contributed by atoms with van der Waals surface area (Å²) in [6.07, 6.45) is 1.60. The molecule has 2 rings (SSSR count). The molecule has 0 aromatic heterocycles. The molecular formula is C14H19NO2. The Labute approximate surface area is 102 Å². The van der Waals surface area contributed by atoms with Crippen LogP contribution >= 0.6 is 0 Å². The molecule has 1 aliphatic heterocycles. The highest BCUT2D eigenvalue weighted by molar-refractivity contribution is 5.74. The molecule has 0 saturated heterocycles. The molecule has 1 aliphatic rings. The predicted octanol–water partition coefficient (Wildman–Crippen LogP) is 2.70. The van der Waals surface area contributed by atoms with Gasteiger partial charge < -0.3 is 10.4 Å². The molecule has 0 saturated carbocycles. The van der Waals surface area contributed by atoms with Crippen LogP contribution in [-0.2, 0) is 17.6 Å². The maximum Gasteiger partial charge on any atom is 0.309 e. The van der Waals surface area contributed by atoms with Gasteiger partial charge in [0.25, 0.3) is 0 Å². The number of carboxylic acids is 1. The molecule has 92 valence electrons. The van der Waals surface area contributed by atoms with Gasteiger partial charge in [0.1, 0.15) is 0 Å². The highest BCUT2D eigenvalue weighted by Gasteiger charge is 2.28. The van der Waals surface area contributed by atoms with Gasteiger partial charge in [-0.15, -0.1) is 0 Å². The SMILES string of the molecule is CC1Cc2cc(CC(C)(C)C(=O)O)ccc2N1. The van der Waals surface area contributed by atoms with Gasteiger partial charge in [-0.1, -0.05) is 12.1 Å². The number of aliphatic carboxylic acids is 1. The lowest BCUT2D eigenvalue weighted by Crippen LogP contribution is -2.26. The quantitative estimate of drug-likeness (QED) is 0.844. The van der Waals surface area contributed by atoms with E-state index in [9.17, 15) is 4.79 Å². The van der Waals surface area contributed by atoms with Crippen molar-refractivity contribution in [2.75, 3.05) is 5.32 Å². The molecule has 1 aromatic carbocycles. The third-order valence-electron chi connectivity index (χ3n) is 3.32. The first-order valence-corrected chi connectivity index (χ1v) is 6.00. The van der Waals surface area contributed by atoms with E-state index >= 15 is 0 Å². The maximum absolute atomic E-state index is 11.1. The Morgan fingerprint density at radius 2 is 2.24 bits per heavy atom. The zero-order chi connectivity index (χ0) is 12.6. The van der Waals surface area contributed by atoms with Crippen molar-refractivity contribution in [3.63, 3.8) is 0 Å². The molecule has 1 atom stereocenters. The minimum Gasteiger partial charge on any atom is -0.481 e. The second-order valence-corrected chi connectivity index (χ2v) is 5.61. The smallest absolute Gasteiger partial charge is 0.309 e. The zero-order valence-electron chi connectivity index (χ0n) is 10.6. The Morgan fingerprint density at radius 1 is 1.53 bits per heavy atom. The highest BCUT2D eigenvalue weighted by atomic mass is 16.4. The second-order valence-electron chi connectivity index (χ2n) is 5.61. The number of rotatable bonds is 3. The van der Waals surface area contributed by atoms with Crippen molar-refractivity contribution in [1.82, 2.24) is 0 Å². The summed E-state index contributed by atoms with van der Waals surface area (Å²) in [6, 6.07) is 6.70. The van der Waals surface area contributed by atoms with Crippen molar-refractivity contribution in [3.05, 3.63) is 29.3 Å². The molecule has 17 heavy (non-hydrogen) atoms. The van der Waals surface area contributed by atoms with Gasteiger partial charge in [-0.25, -0.2) is 0 Å². The van der Waals surface area contributed by atoms with Crippen molar-refractivity contribution < 1.29 is 9.90 Å². The lowest BCUT2D eigenvalue weighted by Gasteiger charge is -2.19. The van der Waals surface area contributed by atoms with Crippen LogP contribution in [0.1, 0.15) is 31.9 Å². The third kappa shape index (κ3) is 2.43. The zero-order valence-corrected chi connectivity index (χ0v) is 10.6. The summed E-state index contributed by atoms with van der Waals surface area (Å²) in [7, 11) is 0. The van der Waals surface area contributed by atoms with Crippen LogP contribution in [0.3, 0.4) is 0 Å². The van der Waals surface area contributed by atoms with E-state index in [1.165, 1.54) is 11.3 Å². The predicted molar refractivity (Wildman–Crippen MR) is 68.4 cm³/mol. The summed E-state index contributed by atoms with van der Waals surface area (Å²) in [5.41, 5.74) is 2.89. The molecule has 0 amide bonds. The van der Waals surface area contributed by atoms with Gasteiger partial charge in [0, 0.05) is 11.7 Å². The Kier molecular flexibility index (Phi) is 2.86. The van der Waals surface area contributed by atoms with Crippen molar-refractivity contribution in [3.8, 4) is 0 Å². The monoisotopic (exact) mass is 233 g/mol. The Bertz CT molecular complexity index is 452. The fraction of sp³-hybridized carbons (Fsp3) is 0.500. The number of nitrogens with one attached hydrogen (secondary N) is 1. The van der Waals surface area contributed by atoms with Crippen molar-refractivity contribution in [1.29, 1.82) is 0 Å². The van der Waals surface area contributed by atoms with Gasteiger partial charge in [-0.2, -0.15) is 0 Å². The van der Waals surface area contributed by atoms with Gasteiger partial charge in [0.2, 0.25) is 0 Å². The van der Waals surface area contributed by atoms with Crippen LogP contribution in [0.2, 0.25) is 0 Å². The maximum atomic E-state index is 11.1. The first kappa shape index (κ1) is 12.0. The summed E-state index contributed by atoms with van der Waals surface area (Å²) in [4.78, 5) is 11.1. The number of carbonyl (C=O) groups is 1. The Morgan fingerprint density at radius 3 is 2.88 bits per heavy atom. The number of benzene rings is 1. The van der Waals surface area contributed by atoms with E-state index in [1.807, 2.05) is 6.07 Å². The summed E-state index contributed by atoms with van der Waals surface area (Å²) >= 11 is 0.